The Kier molecular flexibility index (Phi) is 4.81. The molecule has 0 saturated carbocycles. The van der Waals surface area contributed by atoms with Crippen molar-refractivity contribution in [3.8, 4) is 0 Å². The SMILES string of the molecule is Nc1nc(Nc2cccc(Cl)c2)nc(Nc2cccc(F)c2)c1[N+](=O)[O-]. The molecule has 0 radical (unpaired) electrons. The second-order valence-electron chi connectivity index (χ2n) is 5.16. The fraction of sp³-hybridized carbons (Fsp3) is 0. The van der Waals surface area contributed by atoms with Crippen LogP contribution in [-0.4, -0.2) is 14.9 Å². The van der Waals surface area contributed by atoms with E-state index in [4.69, 9.17) is 17.3 Å². The van der Waals surface area contributed by atoms with Crippen molar-refractivity contribution in [3.05, 3.63) is 69.5 Å². The molecule has 1 heterocycles. The predicted octanol–water partition coefficient (Wildman–Crippen LogP) is 4.25. The van der Waals surface area contributed by atoms with Crippen LogP contribution in [0.2, 0.25) is 5.02 Å². The number of anilines is 5. The maximum absolute atomic E-state index is 13.4. The molecule has 8 nitrogen and oxygen atoms in total. The van der Waals surface area contributed by atoms with Gasteiger partial charge in [0.1, 0.15) is 5.82 Å². The van der Waals surface area contributed by atoms with Crippen molar-refractivity contribution in [2.45, 2.75) is 0 Å². The van der Waals surface area contributed by atoms with E-state index in [1.54, 1.807) is 24.3 Å². The lowest BCUT2D eigenvalue weighted by atomic mass is 10.3. The fourth-order valence-electron chi connectivity index (χ4n) is 2.19. The van der Waals surface area contributed by atoms with Gasteiger partial charge in [-0.15, -0.1) is 0 Å². The van der Waals surface area contributed by atoms with Crippen LogP contribution in [-0.2, 0) is 0 Å². The second-order valence-corrected chi connectivity index (χ2v) is 5.59. The summed E-state index contributed by atoms with van der Waals surface area (Å²) in [6.07, 6.45) is 0. The van der Waals surface area contributed by atoms with Gasteiger partial charge in [0.15, 0.2) is 0 Å². The first-order chi connectivity index (χ1) is 12.4. The maximum atomic E-state index is 13.4. The minimum absolute atomic E-state index is 0.0225. The molecule has 132 valence electrons. The molecule has 0 saturated heterocycles. The highest BCUT2D eigenvalue weighted by Crippen LogP contribution is 2.32. The summed E-state index contributed by atoms with van der Waals surface area (Å²) >= 11 is 5.92. The number of halogens is 2. The Labute approximate surface area is 152 Å². The summed E-state index contributed by atoms with van der Waals surface area (Å²) in [6.45, 7) is 0. The molecule has 0 aliphatic heterocycles. The smallest absolute Gasteiger partial charge is 0.353 e. The summed E-state index contributed by atoms with van der Waals surface area (Å²) in [4.78, 5) is 18.6. The van der Waals surface area contributed by atoms with E-state index in [9.17, 15) is 14.5 Å². The van der Waals surface area contributed by atoms with Gasteiger partial charge in [-0.2, -0.15) is 9.97 Å². The van der Waals surface area contributed by atoms with Gasteiger partial charge in [-0.3, -0.25) is 10.1 Å². The Morgan fingerprint density at radius 2 is 1.77 bits per heavy atom. The molecule has 0 fully saturated rings. The molecule has 10 heteroatoms. The minimum atomic E-state index is -0.708. The van der Waals surface area contributed by atoms with E-state index < -0.39 is 16.4 Å². The number of nitrogens with one attached hydrogen (secondary N) is 2. The lowest BCUT2D eigenvalue weighted by molar-refractivity contribution is -0.383. The fourth-order valence-corrected chi connectivity index (χ4v) is 2.38. The Balaban J connectivity index is 2.00. The summed E-state index contributed by atoms with van der Waals surface area (Å²) in [7, 11) is 0. The molecular formula is C16H12ClFN6O2. The maximum Gasteiger partial charge on any atom is 0.353 e. The largest absolute Gasteiger partial charge is 0.378 e. The predicted molar refractivity (Wildman–Crippen MR) is 97.5 cm³/mol. The number of benzene rings is 2. The summed E-state index contributed by atoms with van der Waals surface area (Å²) in [5.41, 5.74) is 6.06. The van der Waals surface area contributed by atoms with Crippen molar-refractivity contribution in [1.82, 2.24) is 9.97 Å². The lowest BCUT2D eigenvalue weighted by Crippen LogP contribution is -2.08. The number of rotatable bonds is 5. The van der Waals surface area contributed by atoms with Gasteiger partial charge in [0.25, 0.3) is 0 Å². The molecule has 0 unspecified atom stereocenters. The first-order valence-electron chi connectivity index (χ1n) is 7.29. The van der Waals surface area contributed by atoms with Gasteiger partial charge < -0.3 is 16.4 Å². The van der Waals surface area contributed by atoms with Crippen LogP contribution in [0.1, 0.15) is 0 Å². The molecule has 0 amide bonds. The molecule has 3 rings (SSSR count). The van der Waals surface area contributed by atoms with E-state index in [0.717, 1.165) is 0 Å². The molecule has 26 heavy (non-hydrogen) atoms. The zero-order valence-electron chi connectivity index (χ0n) is 13.1. The normalized spacial score (nSPS) is 10.4. The van der Waals surface area contributed by atoms with E-state index in [-0.39, 0.29) is 23.3 Å². The average molecular weight is 375 g/mol. The van der Waals surface area contributed by atoms with Gasteiger partial charge in [0.05, 0.1) is 4.92 Å². The number of hydrogen-bond donors (Lipinski definition) is 3. The van der Waals surface area contributed by atoms with Crippen molar-refractivity contribution in [3.63, 3.8) is 0 Å². The molecule has 2 aromatic carbocycles. The molecule has 3 aromatic rings. The van der Waals surface area contributed by atoms with Crippen LogP contribution in [0.15, 0.2) is 48.5 Å². The van der Waals surface area contributed by atoms with E-state index in [1.807, 2.05) is 0 Å². The molecular weight excluding hydrogens is 363 g/mol. The van der Waals surface area contributed by atoms with Crippen molar-refractivity contribution < 1.29 is 9.31 Å². The monoisotopic (exact) mass is 374 g/mol. The number of nitrogens with zero attached hydrogens (tertiary/aromatic N) is 3. The van der Waals surface area contributed by atoms with Gasteiger partial charge in [0.2, 0.25) is 17.6 Å². The van der Waals surface area contributed by atoms with Crippen LogP contribution < -0.4 is 16.4 Å². The van der Waals surface area contributed by atoms with Crippen molar-refractivity contribution in [2.24, 2.45) is 0 Å². The molecule has 0 aliphatic carbocycles. The highest BCUT2D eigenvalue weighted by Gasteiger charge is 2.23. The number of aromatic nitrogens is 2. The quantitative estimate of drug-likeness (QED) is 0.451. The third kappa shape index (κ3) is 3.95. The van der Waals surface area contributed by atoms with Crippen LogP contribution in [0.3, 0.4) is 0 Å². The average Bonchev–Trinajstić information content (AvgIpc) is 2.54. The summed E-state index contributed by atoms with van der Waals surface area (Å²) < 4.78 is 13.4. The van der Waals surface area contributed by atoms with Crippen LogP contribution in [0.25, 0.3) is 0 Å². The first-order valence-corrected chi connectivity index (χ1v) is 7.67. The second kappa shape index (κ2) is 7.19. The number of hydrogen-bond acceptors (Lipinski definition) is 7. The van der Waals surface area contributed by atoms with Crippen molar-refractivity contribution in [1.29, 1.82) is 0 Å². The van der Waals surface area contributed by atoms with Crippen LogP contribution in [0.4, 0.5) is 39.0 Å². The molecule has 0 spiro atoms. The van der Waals surface area contributed by atoms with Crippen LogP contribution >= 0.6 is 11.6 Å². The van der Waals surface area contributed by atoms with Gasteiger partial charge in [0, 0.05) is 16.4 Å². The minimum Gasteiger partial charge on any atom is -0.378 e. The topological polar surface area (TPSA) is 119 Å². The van der Waals surface area contributed by atoms with Gasteiger partial charge in [-0.05, 0) is 36.4 Å². The first kappa shape index (κ1) is 17.4. The third-order valence-electron chi connectivity index (χ3n) is 3.26. The van der Waals surface area contributed by atoms with Crippen LogP contribution in [0.5, 0.6) is 0 Å². The molecule has 1 aromatic heterocycles. The number of nitro groups is 1. The number of nitrogen functional groups attached to an aromatic ring is 1. The zero-order chi connectivity index (χ0) is 18.7. The third-order valence-corrected chi connectivity index (χ3v) is 3.50. The molecule has 0 aliphatic rings. The van der Waals surface area contributed by atoms with E-state index >= 15 is 0 Å². The molecule has 4 N–H and O–H groups in total. The Morgan fingerprint density at radius 1 is 1.08 bits per heavy atom. The highest BCUT2D eigenvalue weighted by atomic mass is 35.5. The number of nitrogens with two attached hydrogens (primary N) is 1. The summed E-state index contributed by atoms with van der Waals surface area (Å²) in [5, 5.41) is 17.4. The Hall–Kier alpha value is -3.46. The summed E-state index contributed by atoms with van der Waals surface area (Å²) in [5.74, 6) is -0.989. The molecule has 0 bridgehead atoms. The van der Waals surface area contributed by atoms with E-state index in [2.05, 4.69) is 20.6 Å². The van der Waals surface area contributed by atoms with Gasteiger partial charge in [-0.1, -0.05) is 23.7 Å². The molecule has 0 atom stereocenters. The Bertz CT molecular complexity index is 985. The lowest BCUT2D eigenvalue weighted by Gasteiger charge is -2.11. The van der Waals surface area contributed by atoms with Gasteiger partial charge >= 0.3 is 5.69 Å². The van der Waals surface area contributed by atoms with E-state index in [0.29, 0.717) is 10.7 Å². The van der Waals surface area contributed by atoms with Crippen molar-refractivity contribution >= 4 is 46.2 Å². The van der Waals surface area contributed by atoms with E-state index in [1.165, 1.54) is 24.3 Å². The van der Waals surface area contributed by atoms with Crippen molar-refractivity contribution in [2.75, 3.05) is 16.4 Å². The summed E-state index contributed by atoms with van der Waals surface area (Å²) in [6, 6.07) is 12.2. The highest BCUT2D eigenvalue weighted by molar-refractivity contribution is 6.30. The zero-order valence-corrected chi connectivity index (χ0v) is 13.9. The Morgan fingerprint density at radius 3 is 2.42 bits per heavy atom. The van der Waals surface area contributed by atoms with Gasteiger partial charge in [-0.25, -0.2) is 4.39 Å². The van der Waals surface area contributed by atoms with Crippen LogP contribution in [0, 0.1) is 15.9 Å². The standard InChI is InChI=1S/C16H12ClFN6O2/c17-9-3-1-5-11(7-9)21-16-22-14(19)13(24(25)26)15(23-16)20-12-6-2-4-10(18)8-12/h1-8H,(H4,19,20,21,22,23).